The number of fused-ring (bicyclic) bond motifs is 2. The lowest BCUT2D eigenvalue weighted by molar-refractivity contribution is 0.103. The van der Waals surface area contributed by atoms with Crippen LogP contribution in [0.5, 0.6) is 5.75 Å². The molecular formula is C28H26N4O5. The van der Waals surface area contributed by atoms with Gasteiger partial charge in [0.2, 0.25) is 0 Å². The molecule has 37 heavy (non-hydrogen) atoms. The Morgan fingerprint density at radius 3 is 2.59 bits per heavy atom. The number of anilines is 3. The van der Waals surface area contributed by atoms with Crippen molar-refractivity contribution in [2.24, 2.45) is 0 Å². The van der Waals surface area contributed by atoms with Gasteiger partial charge in [0.15, 0.2) is 11.5 Å². The fraction of sp³-hybridized carbons (Fsp3) is 0.250. The van der Waals surface area contributed by atoms with Crippen LogP contribution in [-0.4, -0.2) is 61.8 Å². The summed E-state index contributed by atoms with van der Waals surface area (Å²) in [6, 6.07) is 17.0. The molecule has 0 bridgehead atoms. The fourth-order valence-electron chi connectivity index (χ4n) is 5.08. The first kappa shape index (κ1) is 22.9. The van der Waals surface area contributed by atoms with Crippen molar-refractivity contribution >= 4 is 39.8 Å². The van der Waals surface area contributed by atoms with Crippen LogP contribution in [0.3, 0.4) is 0 Å². The maximum absolute atomic E-state index is 13.8. The Balaban J connectivity index is 1.47. The first-order chi connectivity index (χ1) is 18.1. The lowest BCUT2D eigenvalue weighted by Gasteiger charge is -2.36. The number of piperazine rings is 1. The highest BCUT2D eigenvalue weighted by Crippen LogP contribution is 2.46. The zero-order chi connectivity index (χ0) is 25.5. The zero-order valence-electron chi connectivity index (χ0n) is 20.6. The molecule has 0 radical (unpaired) electrons. The quantitative estimate of drug-likeness (QED) is 0.359. The van der Waals surface area contributed by atoms with Crippen LogP contribution in [0.25, 0.3) is 22.2 Å². The summed E-state index contributed by atoms with van der Waals surface area (Å²) in [5.74, 6) is 1.21. The number of nitrogens with one attached hydrogen (secondary N) is 1. The summed E-state index contributed by atoms with van der Waals surface area (Å²) >= 11 is 0. The number of hydrogen-bond acceptors (Lipinski definition) is 8. The maximum atomic E-state index is 13.8. The van der Waals surface area contributed by atoms with Gasteiger partial charge in [0.05, 0.1) is 36.0 Å². The molecule has 0 saturated carbocycles. The number of amides is 1. The Kier molecular flexibility index (Phi) is 5.67. The van der Waals surface area contributed by atoms with Crippen molar-refractivity contribution in [1.29, 1.82) is 0 Å². The summed E-state index contributed by atoms with van der Waals surface area (Å²) in [7, 11) is 1.62. The topological polar surface area (TPSA) is 97.1 Å². The number of carbonyl (C=O) groups excluding carboxylic acids is 2. The van der Waals surface area contributed by atoms with Crippen molar-refractivity contribution in [3.63, 3.8) is 0 Å². The predicted octanol–water partition coefficient (Wildman–Crippen LogP) is 5.07. The first-order valence-electron chi connectivity index (χ1n) is 12.3. The van der Waals surface area contributed by atoms with Crippen molar-refractivity contribution < 1.29 is 23.6 Å². The van der Waals surface area contributed by atoms with Gasteiger partial charge in [-0.3, -0.25) is 4.79 Å². The molecular weight excluding hydrogens is 472 g/mol. The predicted molar refractivity (Wildman–Crippen MR) is 140 cm³/mol. The minimum absolute atomic E-state index is 0.0830. The molecule has 2 heterocycles. The summed E-state index contributed by atoms with van der Waals surface area (Å²) in [6.07, 6.45) is -0.302. The molecule has 9 heteroatoms. The monoisotopic (exact) mass is 498 g/mol. The van der Waals surface area contributed by atoms with Gasteiger partial charge in [-0.15, -0.1) is 0 Å². The van der Waals surface area contributed by atoms with Gasteiger partial charge in [0.1, 0.15) is 11.3 Å². The van der Waals surface area contributed by atoms with E-state index in [0.717, 1.165) is 16.9 Å². The molecule has 1 fully saturated rings. The van der Waals surface area contributed by atoms with Crippen LogP contribution in [0.15, 0.2) is 59.1 Å². The van der Waals surface area contributed by atoms with Gasteiger partial charge in [-0.05, 0) is 25.1 Å². The molecule has 0 spiro atoms. The average molecular weight is 499 g/mol. The molecule has 0 atom stereocenters. The lowest BCUT2D eigenvalue weighted by Crippen LogP contribution is -2.49. The SMILES string of the molecule is CCOC(=O)N1CCN(c2cc(Nc3cccc(OC)c3)c3c4c(onc24)-c2ccccc2C3=O)CC1. The number of aromatic nitrogens is 1. The Hall–Kier alpha value is -4.53. The van der Waals surface area contributed by atoms with Crippen molar-refractivity contribution in [2.45, 2.75) is 6.92 Å². The third-order valence-corrected chi connectivity index (χ3v) is 6.87. The van der Waals surface area contributed by atoms with Crippen LogP contribution >= 0.6 is 0 Å². The van der Waals surface area contributed by atoms with E-state index in [1.54, 1.807) is 18.9 Å². The Morgan fingerprint density at radius 1 is 1.05 bits per heavy atom. The number of nitrogens with zero attached hydrogens (tertiary/aromatic N) is 3. The van der Waals surface area contributed by atoms with Gasteiger partial charge >= 0.3 is 6.09 Å². The number of ketones is 1. The van der Waals surface area contributed by atoms with Crippen molar-refractivity contribution in [3.8, 4) is 17.1 Å². The van der Waals surface area contributed by atoms with Gasteiger partial charge in [-0.2, -0.15) is 0 Å². The minimum Gasteiger partial charge on any atom is -0.497 e. The normalized spacial score (nSPS) is 14.5. The van der Waals surface area contributed by atoms with E-state index in [-0.39, 0.29) is 11.9 Å². The molecule has 9 nitrogen and oxygen atoms in total. The molecule has 4 aromatic rings. The minimum atomic E-state index is -0.302. The lowest BCUT2D eigenvalue weighted by atomic mass is 9.86. The molecule has 1 aliphatic heterocycles. The second-order valence-electron chi connectivity index (χ2n) is 8.96. The summed E-state index contributed by atoms with van der Waals surface area (Å²) in [5.41, 5.74) is 4.77. The van der Waals surface area contributed by atoms with Gasteiger partial charge in [-0.1, -0.05) is 35.5 Å². The van der Waals surface area contributed by atoms with E-state index in [1.807, 2.05) is 54.6 Å². The second-order valence-corrected chi connectivity index (χ2v) is 8.96. The van der Waals surface area contributed by atoms with Gasteiger partial charge < -0.3 is 29.1 Å². The fourth-order valence-corrected chi connectivity index (χ4v) is 5.08. The second kappa shape index (κ2) is 9.16. The highest BCUT2D eigenvalue weighted by molar-refractivity contribution is 6.28. The summed E-state index contributed by atoms with van der Waals surface area (Å²) in [6.45, 7) is 4.38. The number of rotatable bonds is 5. The Bertz CT molecular complexity index is 1520. The van der Waals surface area contributed by atoms with Crippen LogP contribution in [0.4, 0.5) is 21.9 Å². The summed E-state index contributed by atoms with van der Waals surface area (Å²) < 4.78 is 16.4. The molecule has 3 aromatic carbocycles. The van der Waals surface area contributed by atoms with E-state index < -0.39 is 0 Å². The number of methoxy groups -OCH3 is 1. The molecule has 1 aliphatic carbocycles. The van der Waals surface area contributed by atoms with Crippen LogP contribution in [0.2, 0.25) is 0 Å². The maximum Gasteiger partial charge on any atom is 0.409 e. The molecule has 188 valence electrons. The average Bonchev–Trinajstić information content (AvgIpc) is 3.38. The molecule has 1 saturated heterocycles. The van der Waals surface area contributed by atoms with Gasteiger partial charge in [0, 0.05) is 49.1 Å². The van der Waals surface area contributed by atoms with E-state index in [2.05, 4.69) is 15.4 Å². The molecule has 0 unspecified atom stereocenters. The Labute approximate surface area is 213 Å². The Morgan fingerprint density at radius 2 is 1.84 bits per heavy atom. The first-order valence-corrected chi connectivity index (χ1v) is 12.3. The van der Waals surface area contributed by atoms with E-state index in [9.17, 15) is 9.59 Å². The third-order valence-electron chi connectivity index (χ3n) is 6.87. The van der Waals surface area contributed by atoms with Crippen LogP contribution < -0.4 is 15.0 Å². The number of carbonyl (C=O) groups is 2. The van der Waals surface area contributed by atoms with Gasteiger partial charge in [-0.25, -0.2) is 4.79 Å². The molecule has 2 aliphatic rings. The number of benzene rings is 3. The largest absolute Gasteiger partial charge is 0.497 e. The van der Waals surface area contributed by atoms with Crippen molar-refractivity contribution in [3.05, 3.63) is 65.7 Å². The molecule has 1 amide bonds. The molecule has 6 rings (SSSR count). The molecule has 1 aromatic heterocycles. The number of hydrogen-bond donors (Lipinski definition) is 1. The number of ether oxygens (including phenoxy) is 2. The standard InChI is InChI=1S/C28H26N4O5/c1-3-36-28(34)32-13-11-31(12-14-32)22-16-21(29-17-7-6-8-18(15-17)35-2)23-24-25(22)30-37-27(24)20-10-5-4-9-19(20)26(23)33/h4-10,15-16,29H,3,11-14H2,1-2H3. The van der Waals surface area contributed by atoms with Crippen LogP contribution in [0.1, 0.15) is 22.8 Å². The van der Waals surface area contributed by atoms with Crippen molar-refractivity contribution in [2.75, 3.05) is 50.1 Å². The van der Waals surface area contributed by atoms with E-state index in [1.165, 1.54) is 0 Å². The molecule has 1 N–H and O–H groups in total. The van der Waals surface area contributed by atoms with E-state index in [0.29, 0.717) is 72.0 Å². The smallest absolute Gasteiger partial charge is 0.409 e. The van der Waals surface area contributed by atoms with E-state index >= 15 is 0 Å². The van der Waals surface area contributed by atoms with E-state index in [4.69, 9.17) is 14.0 Å². The van der Waals surface area contributed by atoms with Crippen LogP contribution in [-0.2, 0) is 4.74 Å². The third kappa shape index (κ3) is 3.83. The zero-order valence-corrected chi connectivity index (χ0v) is 20.6. The highest BCUT2D eigenvalue weighted by Gasteiger charge is 2.34. The summed E-state index contributed by atoms with van der Waals surface area (Å²) in [5, 5.41) is 8.57. The highest BCUT2D eigenvalue weighted by atomic mass is 16.6. The van der Waals surface area contributed by atoms with Crippen molar-refractivity contribution in [1.82, 2.24) is 10.1 Å². The van der Waals surface area contributed by atoms with Crippen LogP contribution in [0, 0.1) is 0 Å². The van der Waals surface area contributed by atoms with Gasteiger partial charge in [0.25, 0.3) is 0 Å². The summed E-state index contributed by atoms with van der Waals surface area (Å²) in [4.78, 5) is 29.9.